The van der Waals surface area contributed by atoms with E-state index in [0.717, 1.165) is 12.1 Å². The first-order valence-corrected chi connectivity index (χ1v) is 7.31. The van der Waals surface area contributed by atoms with Crippen molar-refractivity contribution < 1.29 is 18.8 Å². The minimum Gasteiger partial charge on any atom is -0.322 e. The Balaban J connectivity index is 2.07. The third-order valence-corrected chi connectivity index (χ3v) is 3.34. The largest absolute Gasteiger partial charge is 0.322 e. The molecule has 3 N–H and O–H groups in total. The Morgan fingerprint density at radius 1 is 1.04 bits per heavy atom. The van der Waals surface area contributed by atoms with Crippen molar-refractivity contribution in [1.29, 1.82) is 0 Å². The molecule has 2 rings (SSSR count). The molecule has 2 aromatic rings. The quantitative estimate of drug-likeness (QED) is 0.589. The lowest BCUT2D eigenvalue weighted by Crippen LogP contribution is -2.42. The fourth-order valence-corrected chi connectivity index (χ4v) is 1.96. The molecule has 0 radical (unpaired) electrons. The lowest BCUT2D eigenvalue weighted by molar-refractivity contribution is -0.111. The van der Waals surface area contributed by atoms with Crippen LogP contribution in [0.5, 0.6) is 0 Å². The molecule has 0 saturated heterocycles. The van der Waals surface area contributed by atoms with Gasteiger partial charge in [0.25, 0.3) is 11.8 Å². The normalized spacial score (nSPS) is 9.84. The van der Waals surface area contributed by atoms with Crippen LogP contribution in [0.25, 0.3) is 0 Å². The lowest BCUT2D eigenvalue weighted by Gasteiger charge is -2.11. The molecule has 128 valence electrons. The zero-order valence-corrected chi connectivity index (χ0v) is 13.4. The van der Waals surface area contributed by atoms with Gasteiger partial charge in [-0.15, -0.1) is 0 Å². The van der Waals surface area contributed by atoms with Gasteiger partial charge in [0, 0.05) is 5.56 Å². The van der Waals surface area contributed by atoms with Crippen LogP contribution in [0.1, 0.15) is 26.3 Å². The lowest BCUT2D eigenvalue weighted by atomic mass is 10.1. The van der Waals surface area contributed by atoms with Crippen molar-refractivity contribution in [3.63, 3.8) is 0 Å². The highest BCUT2D eigenvalue weighted by atomic mass is 19.1. The molecule has 0 heterocycles. The van der Waals surface area contributed by atoms with Crippen molar-refractivity contribution in [2.45, 2.75) is 6.92 Å². The summed E-state index contributed by atoms with van der Waals surface area (Å²) in [6.45, 7) is 4.91. The second-order valence-corrected chi connectivity index (χ2v) is 5.11. The van der Waals surface area contributed by atoms with Gasteiger partial charge in [0.15, 0.2) is 0 Å². The first-order chi connectivity index (χ1) is 11.9. The number of rotatable bonds is 4. The van der Waals surface area contributed by atoms with Crippen LogP contribution < -0.4 is 16.2 Å². The van der Waals surface area contributed by atoms with Crippen LogP contribution in [0, 0.1) is 12.7 Å². The summed E-state index contributed by atoms with van der Waals surface area (Å²) in [6.07, 6.45) is 1.07. The average molecular weight is 341 g/mol. The minimum atomic E-state index is -0.667. The zero-order valence-electron chi connectivity index (χ0n) is 13.4. The van der Waals surface area contributed by atoms with E-state index in [1.165, 1.54) is 24.3 Å². The van der Waals surface area contributed by atoms with E-state index in [1.807, 2.05) is 0 Å². The summed E-state index contributed by atoms with van der Waals surface area (Å²) in [7, 11) is 0. The van der Waals surface area contributed by atoms with Crippen LogP contribution in [0.3, 0.4) is 0 Å². The molecule has 6 nitrogen and oxygen atoms in total. The van der Waals surface area contributed by atoms with E-state index in [-0.39, 0.29) is 16.8 Å². The third kappa shape index (κ3) is 4.51. The van der Waals surface area contributed by atoms with Crippen LogP contribution in [0.2, 0.25) is 0 Å². The Morgan fingerprint density at radius 3 is 2.40 bits per heavy atom. The number of aryl methyl sites for hydroxylation is 1. The van der Waals surface area contributed by atoms with Crippen LogP contribution in [-0.4, -0.2) is 17.7 Å². The minimum absolute atomic E-state index is 0.0663. The summed E-state index contributed by atoms with van der Waals surface area (Å²) in [5.74, 6) is -2.29. The van der Waals surface area contributed by atoms with Gasteiger partial charge < -0.3 is 5.32 Å². The molecule has 2 aromatic carbocycles. The number of hydrogen-bond donors (Lipinski definition) is 3. The number of benzene rings is 2. The molecule has 3 amide bonds. The zero-order chi connectivity index (χ0) is 18.4. The highest BCUT2D eigenvalue weighted by molar-refractivity contribution is 6.07. The molecule has 7 heteroatoms. The van der Waals surface area contributed by atoms with E-state index in [1.54, 1.807) is 19.1 Å². The number of nitrogens with one attached hydrogen (secondary N) is 3. The molecule has 0 aromatic heterocycles. The van der Waals surface area contributed by atoms with E-state index in [0.29, 0.717) is 5.56 Å². The Hall–Kier alpha value is -3.48. The number of hydrazine groups is 1. The Labute approximate surface area is 143 Å². The van der Waals surface area contributed by atoms with E-state index < -0.39 is 23.5 Å². The monoisotopic (exact) mass is 341 g/mol. The van der Waals surface area contributed by atoms with Crippen molar-refractivity contribution >= 4 is 23.4 Å². The highest BCUT2D eigenvalue weighted by Gasteiger charge is 2.14. The summed E-state index contributed by atoms with van der Waals surface area (Å²) < 4.78 is 13.5. The molecule has 0 spiro atoms. The molecule has 0 unspecified atom stereocenters. The molecule has 0 aliphatic heterocycles. The molecule has 0 fully saturated rings. The van der Waals surface area contributed by atoms with Gasteiger partial charge in [-0.2, -0.15) is 0 Å². The maximum absolute atomic E-state index is 13.5. The first-order valence-electron chi connectivity index (χ1n) is 7.31. The van der Waals surface area contributed by atoms with Crippen LogP contribution in [0.15, 0.2) is 55.1 Å². The number of amides is 3. The molecular formula is C18H16FN3O3. The van der Waals surface area contributed by atoms with Gasteiger partial charge >= 0.3 is 0 Å². The van der Waals surface area contributed by atoms with E-state index in [2.05, 4.69) is 22.7 Å². The van der Waals surface area contributed by atoms with E-state index in [4.69, 9.17) is 0 Å². The number of anilines is 1. The van der Waals surface area contributed by atoms with Gasteiger partial charge in [-0.05, 0) is 42.8 Å². The van der Waals surface area contributed by atoms with E-state index >= 15 is 0 Å². The number of carbonyl (C=O) groups is 3. The predicted octanol–water partition coefficient (Wildman–Crippen LogP) is 2.33. The Morgan fingerprint density at radius 2 is 1.72 bits per heavy atom. The van der Waals surface area contributed by atoms with Crippen molar-refractivity contribution in [2.75, 3.05) is 5.32 Å². The predicted molar refractivity (Wildman–Crippen MR) is 91.3 cm³/mol. The summed E-state index contributed by atoms with van der Waals surface area (Å²) in [6, 6.07) is 10.2. The topological polar surface area (TPSA) is 87.3 Å². The van der Waals surface area contributed by atoms with Crippen LogP contribution in [-0.2, 0) is 4.79 Å². The molecule has 0 saturated carbocycles. The molecule has 0 aliphatic rings. The second-order valence-electron chi connectivity index (χ2n) is 5.11. The maximum Gasteiger partial charge on any atom is 0.271 e. The van der Waals surface area contributed by atoms with Gasteiger partial charge in [-0.3, -0.25) is 25.2 Å². The maximum atomic E-state index is 13.5. The van der Waals surface area contributed by atoms with Gasteiger partial charge in [0.2, 0.25) is 5.91 Å². The molecule has 0 atom stereocenters. The number of para-hydroxylation sites is 1. The van der Waals surface area contributed by atoms with Crippen molar-refractivity contribution in [3.8, 4) is 0 Å². The van der Waals surface area contributed by atoms with Gasteiger partial charge in [-0.25, -0.2) is 4.39 Å². The Bertz CT molecular complexity index is 849. The SMILES string of the molecule is C=CC(=O)Nc1ccccc1C(=O)NNC(=O)c1ccc(C)c(F)c1. The van der Waals surface area contributed by atoms with Gasteiger partial charge in [-0.1, -0.05) is 24.8 Å². The Kier molecular flexibility index (Phi) is 5.62. The summed E-state index contributed by atoms with van der Waals surface area (Å²) in [5.41, 5.74) is 5.31. The van der Waals surface area contributed by atoms with Gasteiger partial charge in [0.1, 0.15) is 5.82 Å². The summed E-state index contributed by atoms with van der Waals surface area (Å²) >= 11 is 0. The first kappa shape index (κ1) is 17.9. The summed E-state index contributed by atoms with van der Waals surface area (Å²) in [4.78, 5) is 35.6. The number of halogens is 1. The smallest absolute Gasteiger partial charge is 0.271 e. The fourth-order valence-electron chi connectivity index (χ4n) is 1.96. The van der Waals surface area contributed by atoms with Crippen LogP contribution >= 0.6 is 0 Å². The molecule has 0 aliphatic carbocycles. The number of hydrogen-bond acceptors (Lipinski definition) is 3. The standard InChI is InChI=1S/C18H16FN3O3/c1-3-16(23)20-15-7-5-4-6-13(15)18(25)22-21-17(24)12-9-8-11(2)14(19)10-12/h3-10H,1H2,2H3,(H,20,23)(H,21,24)(H,22,25). The summed E-state index contributed by atoms with van der Waals surface area (Å²) in [5, 5.41) is 2.49. The fraction of sp³-hybridized carbons (Fsp3) is 0.0556. The third-order valence-electron chi connectivity index (χ3n) is 3.34. The average Bonchev–Trinajstić information content (AvgIpc) is 2.62. The molecule has 25 heavy (non-hydrogen) atoms. The van der Waals surface area contributed by atoms with Crippen molar-refractivity contribution in [3.05, 3.63) is 77.6 Å². The van der Waals surface area contributed by atoms with E-state index in [9.17, 15) is 18.8 Å². The van der Waals surface area contributed by atoms with Gasteiger partial charge in [0.05, 0.1) is 11.3 Å². The highest BCUT2D eigenvalue weighted by Crippen LogP contribution is 2.15. The second kappa shape index (κ2) is 7.87. The van der Waals surface area contributed by atoms with Crippen molar-refractivity contribution in [1.82, 2.24) is 10.9 Å². The van der Waals surface area contributed by atoms with Crippen LogP contribution in [0.4, 0.5) is 10.1 Å². The molecule has 0 bridgehead atoms. The number of carbonyl (C=O) groups excluding carboxylic acids is 3. The van der Waals surface area contributed by atoms with Crippen molar-refractivity contribution in [2.24, 2.45) is 0 Å². The molecular weight excluding hydrogens is 325 g/mol.